The normalized spacial score (nSPS) is 11.8. The van der Waals surface area contributed by atoms with Crippen LogP contribution in [0.2, 0.25) is 0 Å². The molecule has 0 heterocycles. The molecule has 0 bridgehead atoms. The summed E-state index contributed by atoms with van der Waals surface area (Å²) in [5.74, 6) is -4.18. The number of nitrogens with two attached hydrogens (primary N) is 1. The Bertz CT molecular complexity index is 514. The van der Waals surface area contributed by atoms with Gasteiger partial charge in [-0.05, 0) is 0 Å². The van der Waals surface area contributed by atoms with E-state index in [0.717, 1.165) is 0 Å². The highest BCUT2D eigenvalue weighted by molar-refractivity contribution is 7.89. The van der Waals surface area contributed by atoms with Crippen LogP contribution in [0.1, 0.15) is 0 Å². The van der Waals surface area contributed by atoms with Crippen molar-refractivity contribution >= 4 is 10.0 Å². The van der Waals surface area contributed by atoms with Crippen molar-refractivity contribution in [2.24, 2.45) is 5.73 Å². The van der Waals surface area contributed by atoms with Crippen LogP contribution in [0.3, 0.4) is 0 Å². The van der Waals surface area contributed by atoms with Gasteiger partial charge in [-0.25, -0.2) is 26.3 Å². The van der Waals surface area contributed by atoms with E-state index < -0.39 is 32.4 Å². The molecule has 0 saturated heterocycles. The van der Waals surface area contributed by atoms with E-state index >= 15 is 0 Å². The minimum Gasteiger partial charge on any atom is -0.379 e. The number of hydrogen-bond acceptors (Lipinski definition) is 4. The highest BCUT2D eigenvalue weighted by atomic mass is 32.2. The number of nitrogens with one attached hydrogen (secondary N) is 1. The van der Waals surface area contributed by atoms with Gasteiger partial charge < -0.3 is 10.5 Å². The lowest BCUT2D eigenvalue weighted by Gasteiger charge is -2.09. The van der Waals surface area contributed by atoms with Crippen molar-refractivity contribution in [1.29, 1.82) is 0 Å². The van der Waals surface area contributed by atoms with Crippen molar-refractivity contribution in [3.63, 3.8) is 0 Å². The first kappa shape index (κ1) is 15.9. The third-order valence-electron chi connectivity index (χ3n) is 2.03. The van der Waals surface area contributed by atoms with Gasteiger partial charge in [0.15, 0.2) is 4.90 Å². The van der Waals surface area contributed by atoms with E-state index in [0.29, 0.717) is 12.1 Å². The fourth-order valence-corrected chi connectivity index (χ4v) is 2.42. The molecule has 0 spiro atoms. The Morgan fingerprint density at radius 2 is 1.74 bits per heavy atom. The van der Waals surface area contributed by atoms with Gasteiger partial charge in [-0.15, -0.1) is 0 Å². The van der Waals surface area contributed by atoms with Crippen molar-refractivity contribution in [2.45, 2.75) is 4.90 Å². The Hall–Kier alpha value is -1.16. The van der Waals surface area contributed by atoms with Crippen LogP contribution >= 0.6 is 0 Å². The summed E-state index contributed by atoms with van der Waals surface area (Å²) in [5, 5.41) is 0. The molecule has 0 aliphatic rings. The van der Waals surface area contributed by atoms with Gasteiger partial charge in [0, 0.05) is 25.2 Å². The maximum atomic E-state index is 13.3. The quantitative estimate of drug-likeness (QED) is 0.712. The molecule has 0 atom stereocenters. The van der Waals surface area contributed by atoms with Gasteiger partial charge in [-0.3, -0.25) is 0 Å². The maximum absolute atomic E-state index is 13.3. The smallest absolute Gasteiger partial charge is 0.246 e. The lowest BCUT2D eigenvalue weighted by atomic mass is 10.3. The van der Waals surface area contributed by atoms with Crippen molar-refractivity contribution in [3.05, 3.63) is 29.6 Å². The first-order valence-corrected chi connectivity index (χ1v) is 6.79. The van der Waals surface area contributed by atoms with E-state index in [4.69, 9.17) is 10.5 Å². The van der Waals surface area contributed by atoms with Crippen molar-refractivity contribution < 1.29 is 26.3 Å². The Morgan fingerprint density at radius 3 is 2.26 bits per heavy atom. The van der Waals surface area contributed by atoms with Crippen LogP contribution in [0.25, 0.3) is 0 Å². The maximum Gasteiger partial charge on any atom is 0.246 e. The lowest BCUT2D eigenvalue weighted by molar-refractivity contribution is 0.147. The highest BCUT2D eigenvalue weighted by Gasteiger charge is 2.24. The Kier molecular flexibility index (Phi) is 5.73. The van der Waals surface area contributed by atoms with Crippen LogP contribution in [0, 0.1) is 17.5 Å². The summed E-state index contributed by atoms with van der Waals surface area (Å²) in [4.78, 5) is -1.22. The van der Waals surface area contributed by atoms with Gasteiger partial charge in [0.1, 0.15) is 17.5 Å². The fourth-order valence-electron chi connectivity index (χ4n) is 1.29. The van der Waals surface area contributed by atoms with E-state index in [1.54, 1.807) is 0 Å². The SMILES string of the molecule is NCCOCCNS(=O)(=O)c1c(F)cc(F)cc1F. The van der Waals surface area contributed by atoms with Crippen LogP contribution < -0.4 is 10.5 Å². The molecule has 0 unspecified atom stereocenters. The monoisotopic (exact) mass is 298 g/mol. The second-order valence-electron chi connectivity index (χ2n) is 3.50. The van der Waals surface area contributed by atoms with E-state index in [2.05, 4.69) is 0 Å². The van der Waals surface area contributed by atoms with E-state index in [1.165, 1.54) is 0 Å². The number of benzene rings is 1. The summed E-state index contributed by atoms with van der Waals surface area (Å²) in [5.41, 5.74) is 5.14. The molecule has 3 N–H and O–H groups in total. The molecule has 0 fully saturated rings. The van der Waals surface area contributed by atoms with Gasteiger partial charge in [0.25, 0.3) is 0 Å². The Balaban J connectivity index is 2.78. The summed E-state index contributed by atoms with van der Waals surface area (Å²) >= 11 is 0. The van der Waals surface area contributed by atoms with Crippen LogP contribution in [0.5, 0.6) is 0 Å². The van der Waals surface area contributed by atoms with E-state index in [9.17, 15) is 21.6 Å². The summed E-state index contributed by atoms with van der Waals surface area (Å²) in [6.07, 6.45) is 0. The average molecular weight is 298 g/mol. The third-order valence-corrected chi connectivity index (χ3v) is 3.54. The number of sulfonamides is 1. The number of halogens is 3. The van der Waals surface area contributed by atoms with Crippen LogP contribution in [0.4, 0.5) is 13.2 Å². The van der Waals surface area contributed by atoms with E-state index in [-0.39, 0.29) is 26.3 Å². The van der Waals surface area contributed by atoms with Crippen LogP contribution in [-0.4, -0.2) is 34.7 Å². The molecule has 1 aromatic rings. The molecule has 19 heavy (non-hydrogen) atoms. The molecule has 5 nitrogen and oxygen atoms in total. The molecule has 0 radical (unpaired) electrons. The second kappa shape index (κ2) is 6.85. The summed E-state index contributed by atoms with van der Waals surface area (Å²) in [6, 6.07) is 0.588. The average Bonchev–Trinajstić information content (AvgIpc) is 2.26. The molecule has 1 aromatic carbocycles. The molecule has 9 heteroatoms. The van der Waals surface area contributed by atoms with Crippen molar-refractivity contribution in [3.8, 4) is 0 Å². The van der Waals surface area contributed by atoms with Crippen molar-refractivity contribution in [2.75, 3.05) is 26.3 Å². The summed E-state index contributed by atoms with van der Waals surface area (Å²) in [7, 11) is -4.40. The molecular formula is C10H13F3N2O3S. The van der Waals surface area contributed by atoms with Crippen LogP contribution in [-0.2, 0) is 14.8 Å². The van der Waals surface area contributed by atoms with Gasteiger partial charge in [-0.1, -0.05) is 0 Å². The van der Waals surface area contributed by atoms with E-state index in [1.807, 2.05) is 4.72 Å². The first-order valence-electron chi connectivity index (χ1n) is 5.30. The summed E-state index contributed by atoms with van der Waals surface area (Å²) in [6.45, 7) is 0.328. The second-order valence-corrected chi connectivity index (χ2v) is 5.20. The molecule has 0 saturated carbocycles. The Morgan fingerprint density at radius 1 is 1.16 bits per heavy atom. The fraction of sp³-hybridized carbons (Fsp3) is 0.400. The minimum absolute atomic E-state index is 0.000856. The number of ether oxygens (including phenoxy) is 1. The molecule has 108 valence electrons. The Labute approximate surface area is 108 Å². The lowest BCUT2D eigenvalue weighted by Crippen LogP contribution is -2.29. The number of hydrogen-bond donors (Lipinski definition) is 2. The number of rotatable bonds is 7. The van der Waals surface area contributed by atoms with Gasteiger partial charge in [-0.2, -0.15) is 0 Å². The molecule has 1 rings (SSSR count). The zero-order valence-corrected chi connectivity index (χ0v) is 10.6. The van der Waals surface area contributed by atoms with Gasteiger partial charge >= 0.3 is 0 Å². The van der Waals surface area contributed by atoms with Gasteiger partial charge in [0.2, 0.25) is 10.0 Å². The molecule has 0 aliphatic carbocycles. The zero-order valence-electron chi connectivity index (χ0n) is 9.83. The molecular weight excluding hydrogens is 285 g/mol. The van der Waals surface area contributed by atoms with Gasteiger partial charge in [0.05, 0.1) is 13.2 Å². The molecule has 0 amide bonds. The predicted octanol–water partition coefficient (Wildman–Crippen LogP) is 0.357. The minimum atomic E-state index is -4.40. The van der Waals surface area contributed by atoms with Crippen LogP contribution in [0.15, 0.2) is 17.0 Å². The van der Waals surface area contributed by atoms with Crippen molar-refractivity contribution in [1.82, 2.24) is 4.72 Å². The standard InChI is InChI=1S/C10H13F3N2O3S/c11-7-5-8(12)10(9(13)6-7)19(16,17)15-2-4-18-3-1-14/h5-6,15H,1-4,14H2. The third kappa shape index (κ3) is 4.46. The molecule has 0 aromatic heterocycles. The topological polar surface area (TPSA) is 81.4 Å². The summed E-state index contributed by atoms with van der Waals surface area (Å²) < 4.78 is 69.3. The largest absolute Gasteiger partial charge is 0.379 e. The highest BCUT2D eigenvalue weighted by Crippen LogP contribution is 2.19. The molecule has 0 aliphatic heterocycles. The zero-order chi connectivity index (χ0) is 14.5. The predicted molar refractivity (Wildman–Crippen MR) is 61.4 cm³/mol. The first-order chi connectivity index (χ1) is 8.88.